The number of nitrogens with one attached hydrogen (secondary N) is 2. The minimum absolute atomic E-state index is 0.399. The van der Waals surface area contributed by atoms with Gasteiger partial charge in [-0.25, -0.2) is 4.79 Å². The van der Waals surface area contributed by atoms with Gasteiger partial charge in [-0.1, -0.05) is 47.5 Å². The van der Waals surface area contributed by atoms with Gasteiger partial charge in [0.15, 0.2) is 6.61 Å². The maximum atomic E-state index is 11.8. The number of hydrogen-bond donors (Lipinski definition) is 2. The number of halogens is 1. The molecule has 0 aromatic heterocycles. The highest BCUT2D eigenvalue weighted by Crippen LogP contribution is 2.16. The maximum Gasteiger partial charge on any atom is 0.331 e. The second-order valence-electron chi connectivity index (χ2n) is 5.33. The number of aryl methyl sites for hydroxylation is 1. The normalized spacial score (nSPS) is 10.4. The van der Waals surface area contributed by atoms with Gasteiger partial charge in [0.1, 0.15) is 0 Å². The van der Waals surface area contributed by atoms with Crippen molar-refractivity contribution in [2.45, 2.75) is 6.92 Å². The first kappa shape index (κ1) is 19.2. The van der Waals surface area contributed by atoms with E-state index in [1.54, 1.807) is 48.5 Å². The van der Waals surface area contributed by atoms with Gasteiger partial charge in [-0.15, -0.1) is 0 Å². The van der Waals surface area contributed by atoms with E-state index >= 15 is 0 Å². The minimum atomic E-state index is -0.704. The lowest BCUT2D eigenvalue weighted by atomic mass is 10.1. The number of ether oxygens (including phenoxy) is 1. The molecule has 0 aliphatic carbocycles. The lowest BCUT2D eigenvalue weighted by Gasteiger charge is -2.07. The number of hydrogen-bond acceptors (Lipinski definition) is 4. The van der Waals surface area contributed by atoms with Gasteiger partial charge in [0, 0.05) is 16.7 Å². The number of esters is 1. The highest BCUT2D eigenvalue weighted by atomic mass is 35.5. The van der Waals surface area contributed by atoms with Gasteiger partial charge in [0.2, 0.25) is 0 Å². The van der Waals surface area contributed by atoms with Crippen LogP contribution >= 0.6 is 11.6 Å². The Kier molecular flexibility index (Phi) is 6.93. The molecule has 0 heterocycles. The molecular formula is C19H17ClN2O4. The lowest BCUT2D eigenvalue weighted by molar-refractivity contribution is -0.144. The topological polar surface area (TPSA) is 84.5 Å². The zero-order valence-electron chi connectivity index (χ0n) is 14.0. The summed E-state index contributed by atoms with van der Waals surface area (Å²) in [6, 6.07) is 13.8. The Morgan fingerprint density at radius 1 is 1.04 bits per heavy atom. The van der Waals surface area contributed by atoms with Gasteiger partial charge < -0.3 is 4.74 Å². The molecule has 0 saturated carbocycles. The van der Waals surface area contributed by atoms with Crippen molar-refractivity contribution in [3.05, 3.63) is 76.3 Å². The number of hydrazine groups is 1. The molecule has 0 fully saturated rings. The van der Waals surface area contributed by atoms with E-state index in [4.69, 9.17) is 16.3 Å². The Morgan fingerprint density at radius 2 is 1.73 bits per heavy atom. The maximum absolute atomic E-state index is 11.8. The van der Waals surface area contributed by atoms with E-state index in [2.05, 4.69) is 10.9 Å². The summed E-state index contributed by atoms with van der Waals surface area (Å²) in [7, 11) is 0. The highest BCUT2D eigenvalue weighted by Gasteiger charge is 2.08. The molecule has 134 valence electrons. The molecule has 0 atom stereocenters. The van der Waals surface area contributed by atoms with E-state index < -0.39 is 24.4 Å². The lowest BCUT2D eigenvalue weighted by Crippen LogP contribution is -2.43. The van der Waals surface area contributed by atoms with Crippen molar-refractivity contribution in [2.75, 3.05) is 6.61 Å². The third-order valence-electron chi connectivity index (χ3n) is 3.28. The summed E-state index contributed by atoms with van der Waals surface area (Å²) in [6.45, 7) is 1.37. The second-order valence-corrected chi connectivity index (χ2v) is 5.74. The fourth-order valence-electron chi connectivity index (χ4n) is 1.89. The van der Waals surface area contributed by atoms with Gasteiger partial charge in [0.05, 0.1) is 0 Å². The van der Waals surface area contributed by atoms with Crippen LogP contribution in [0.2, 0.25) is 5.02 Å². The predicted molar refractivity (Wildman–Crippen MR) is 98.2 cm³/mol. The second kappa shape index (κ2) is 9.39. The van der Waals surface area contributed by atoms with Crippen molar-refractivity contribution < 1.29 is 19.1 Å². The summed E-state index contributed by atoms with van der Waals surface area (Å²) in [5.74, 6) is -1.84. The summed E-state index contributed by atoms with van der Waals surface area (Å²) >= 11 is 5.96. The summed E-state index contributed by atoms with van der Waals surface area (Å²) in [5, 5.41) is 0.494. The zero-order chi connectivity index (χ0) is 18.9. The van der Waals surface area contributed by atoms with Crippen LogP contribution < -0.4 is 10.9 Å². The average molecular weight is 373 g/mol. The number of carbonyl (C=O) groups is 3. The van der Waals surface area contributed by atoms with Gasteiger partial charge in [-0.3, -0.25) is 20.4 Å². The molecular weight excluding hydrogens is 356 g/mol. The smallest absolute Gasteiger partial charge is 0.331 e. The standard InChI is InChI=1S/C19H17ClN2O4/c1-13-6-8-15(9-7-13)19(25)22-21-17(23)12-26-18(24)11-10-14-4-2-3-5-16(14)20/h2-11H,12H2,1H3,(H,21,23)(H,22,25). The molecule has 0 radical (unpaired) electrons. The van der Waals surface area contributed by atoms with E-state index in [1.807, 2.05) is 6.92 Å². The van der Waals surface area contributed by atoms with E-state index in [0.717, 1.165) is 5.56 Å². The molecule has 0 spiro atoms. The van der Waals surface area contributed by atoms with E-state index in [-0.39, 0.29) is 0 Å². The van der Waals surface area contributed by atoms with Crippen molar-refractivity contribution in [3.8, 4) is 0 Å². The van der Waals surface area contributed by atoms with Crippen molar-refractivity contribution >= 4 is 35.5 Å². The summed E-state index contributed by atoms with van der Waals surface area (Å²) in [6.07, 6.45) is 2.65. The van der Waals surface area contributed by atoms with Gasteiger partial charge in [0.25, 0.3) is 11.8 Å². The molecule has 7 heteroatoms. The van der Waals surface area contributed by atoms with Gasteiger partial charge >= 0.3 is 5.97 Å². The van der Waals surface area contributed by atoms with Crippen LogP contribution in [-0.4, -0.2) is 24.4 Å². The first-order valence-corrected chi connectivity index (χ1v) is 8.09. The molecule has 26 heavy (non-hydrogen) atoms. The Hall–Kier alpha value is -3.12. The van der Waals surface area contributed by atoms with Gasteiger partial charge in [-0.05, 0) is 36.8 Å². The van der Waals surface area contributed by atoms with Crippen LogP contribution in [0.1, 0.15) is 21.5 Å². The van der Waals surface area contributed by atoms with Gasteiger partial charge in [-0.2, -0.15) is 0 Å². The van der Waals surface area contributed by atoms with E-state index in [0.29, 0.717) is 16.1 Å². The van der Waals surface area contributed by atoms with Crippen LogP contribution in [0.4, 0.5) is 0 Å². The molecule has 2 aromatic rings. The molecule has 6 nitrogen and oxygen atoms in total. The number of amides is 2. The number of benzene rings is 2. The molecule has 0 bridgehead atoms. The highest BCUT2D eigenvalue weighted by molar-refractivity contribution is 6.32. The third kappa shape index (κ3) is 6.07. The first-order chi connectivity index (χ1) is 12.5. The molecule has 2 rings (SSSR count). The molecule has 0 aliphatic heterocycles. The predicted octanol–water partition coefficient (Wildman–Crippen LogP) is 2.67. The zero-order valence-corrected chi connectivity index (χ0v) is 14.7. The number of rotatable bonds is 5. The SMILES string of the molecule is Cc1ccc(C(=O)NNC(=O)COC(=O)C=Cc2ccccc2Cl)cc1. The minimum Gasteiger partial charge on any atom is -0.452 e. The molecule has 2 N–H and O–H groups in total. The molecule has 0 aliphatic rings. The number of carbonyl (C=O) groups excluding carboxylic acids is 3. The largest absolute Gasteiger partial charge is 0.452 e. The molecule has 2 amide bonds. The van der Waals surface area contributed by atoms with Crippen molar-refractivity contribution in [3.63, 3.8) is 0 Å². The van der Waals surface area contributed by atoms with Crippen LogP contribution in [0.5, 0.6) is 0 Å². The van der Waals surface area contributed by atoms with Crippen molar-refractivity contribution in [1.29, 1.82) is 0 Å². The molecule has 0 saturated heterocycles. The first-order valence-electron chi connectivity index (χ1n) is 7.71. The fourth-order valence-corrected chi connectivity index (χ4v) is 2.09. The molecule has 2 aromatic carbocycles. The van der Waals surface area contributed by atoms with Crippen LogP contribution in [0.25, 0.3) is 6.08 Å². The van der Waals surface area contributed by atoms with Crippen molar-refractivity contribution in [1.82, 2.24) is 10.9 Å². The van der Waals surface area contributed by atoms with E-state index in [1.165, 1.54) is 12.2 Å². The fraction of sp³-hybridized carbons (Fsp3) is 0.105. The van der Waals surface area contributed by atoms with Crippen LogP contribution in [0.3, 0.4) is 0 Å². The Bertz CT molecular complexity index is 832. The van der Waals surface area contributed by atoms with E-state index in [9.17, 15) is 14.4 Å². The Labute approximate surface area is 155 Å². The van der Waals surface area contributed by atoms with Crippen LogP contribution in [-0.2, 0) is 14.3 Å². The average Bonchev–Trinajstić information content (AvgIpc) is 2.64. The Balaban J connectivity index is 1.74. The van der Waals surface area contributed by atoms with Crippen LogP contribution in [0, 0.1) is 6.92 Å². The Morgan fingerprint density at radius 3 is 2.42 bits per heavy atom. The molecule has 0 unspecified atom stereocenters. The monoisotopic (exact) mass is 372 g/mol. The summed E-state index contributed by atoms with van der Waals surface area (Å²) in [4.78, 5) is 35.1. The summed E-state index contributed by atoms with van der Waals surface area (Å²) < 4.78 is 4.79. The quantitative estimate of drug-likeness (QED) is 0.480. The summed E-state index contributed by atoms with van der Waals surface area (Å²) in [5.41, 5.74) is 6.48. The third-order valence-corrected chi connectivity index (χ3v) is 3.62. The van der Waals surface area contributed by atoms with Crippen molar-refractivity contribution in [2.24, 2.45) is 0 Å². The van der Waals surface area contributed by atoms with Crippen LogP contribution in [0.15, 0.2) is 54.6 Å².